The first kappa shape index (κ1) is 17.9. The standard InChI is InChI=1S/C19H19N3O3S/c1-12-6-4-9-15(10-12)26(24,25)22-19-20-16(11-17(23)21-19)18-13(2)7-5-8-14(18)3/h4-11H,1-3H3,(H2,20,21,22,23). The number of hydrogen-bond acceptors (Lipinski definition) is 5. The minimum atomic E-state index is -3.86. The number of aromatic hydroxyl groups is 1. The van der Waals surface area contributed by atoms with Gasteiger partial charge in [-0.05, 0) is 49.6 Å². The van der Waals surface area contributed by atoms with E-state index in [0.29, 0.717) is 5.69 Å². The molecule has 1 aromatic heterocycles. The van der Waals surface area contributed by atoms with Crippen molar-refractivity contribution in [3.63, 3.8) is 0 Å². The lowest BCUT2D eigenvalue weighted by Gasteiger charge is -2.12. The molecule has 0 fully saturated rings. The lowest BCUT2D eigenvalue weighted by Crippen LogP contribution is -2.15. The van der Waals surface area contributed by atoms with Crippen LogP contribution in [0.2, 0.25) is 0 Å². The monoisotopic (exact) mass is 369 g/mol. The van der Waals surface area contributed by atoms with Gasteiger partial charge in [0.25, 0.3) is 10.0 Å². The number of nitrogens with zero attached hydrogens (tertiary/aromatic N) is 2. The fourth-order valence-electron chi connectivity index (χ4n) is 2.79. The van der Waals surface area contributed by atoms with Gasteiger partial charge in [0.1, 0.15) is 0 Å². The molecule has 0 amide bonds. The van der Waals surface area contributed by atoms with E-state index in [2.05, 4.69) is 14.7 Å². The quantitative estimate of drug-likeness (QED) is 0.733. The van der Waals surface area contributed by atoms with Gasteiger partial charge in [0.2, 0.25) is 11.8 Å². The highest BCUT2D eigenvalue weighted by Crippen LogP contribution is 2.28. The SMILES string of the molecule is Cc1cccc(S(=O)(=O)Nc2nc(O)cc(-c3c(C)cccc3C)n2)c1. The summed E-state index contributed by atoms with van der Waals surface area (Å²) < 4.78 is 27.5. The minimum absolute atomic E-state index is 0.109. The van der Waals surface area contributed by atoms with E-state index in [1.807, 2.05) is 45.0 Å². The predicted molar refractivity (Wildman–Crippen MR) is 101 cm³/mol. The van der Waals surface area contributed by atoms with Crippen LogP contribution in [0.15, 0.2) is 53.4 Å². The molecule has 0 aliphatic carbocycles. The molecule has 0 atom stereocenters. The maximum atomic E-state index is 12.6. The number of rotatable bonds is 4. The van der Waals surface area contributed by atoms with Gasteiger partial charge in [-0.1, -0.05) is 30.3 Å². The molecule has 26 heavy (non-hydrogen) atoms. The smallest absolute Gasteiger partial charge is 0.264 e. The molecule has 0 saturated heterocycles. The Morgan fingerprint density at radius 3 is 2.23 bits per heavy atom. The van der Waals surface area contributed by atoms with Gasteiger partial charge in [-0.3, -0.25) is 0 Å². The van der Waals surface area contributed by atoms with E-state index in [1.165, 1.54) is 12.1 Å². The summed E-state index contributed by atoms with van der Waals surface area (Å²) in [5.41, 5.74) is 4.04. The fourth-order valence-corrected chi connectivity index (χ4v) is 3.84. The Morgan fingerprint density at radius 2 is 1.58 bits per heavy atom. The maximum absolute atomic E-state index is 12.6. The van der Waals surface area contributed by atoms with Crippen LogP contribution in [0.5, 0.6) is 5.88 Å². The molecule has 2 aromatic carbocycles. The summed E-state index contributed by atoms with van der Waals surface area (Å²) in [6, 6.07) is 13.7. The van der Waals surface area contributed by atoms with Gasteiger partial charge in [-0.2, -0.15) is 4.98 Å². The molecule has 3 rings (SSSR count). The second-order valence-electron chi connectivity index (χ2n) is 6.12. The topological polar surface area (TPSA) is 92.2 Å². The highest BCUT2D eigenvalue weighted by Gasteiger charge is 2.18. The van der Waals surface area contributed by atoms with E-state index in [0.717, 1.165) is 22.3 Å². The molecular formula is C19H19N3O3S. The summed E-state index contributed by atoms with van der Waals surface area (Å²) in [7, 11) is -3.86. The van der Waals surface area contributed by atoms with Crippen molar-refractivity contribution in [2.24, 2.45) is 0 Å². The number of aromatic nitrogens is 2. The largest absolute Gasteiger partial charge is 0.493 e. The molecule has 7 heteroatoms. The van der Waals surface area contributed by atoms with Crippen LogP contribution in [-0.2, 0) is 10.0 Å². The number of sulfonamides is 1. The van der Waals surface area contributed by atoms with Crippen molar-refractivity contribution in [1.29, 1.82) is 0 Å². The predicted octanol–water partition coefficient (Wildman–Crippen LogP) is 3.58. The number of anilines is 1. The molecule has 2 N–H and O–H groups in total. The third-order valence-electron chi connectivity index (χ3n) is 3.98. The van der Waals surface area contributed by atoms with Crippen molar-refractivity contribution in [1.82, 2.24) is 9.97 Å². The zero-order valence-corrected chi connectivity index (χ0v) is 15.5. The average Bonchev–Trinajstić information content (AvgIpc) is 2.53. The Hall–Kier alpha value is -2.93. The van der Waals surface area contributed by atoms with Crippen molar-refractivity contribution in [3.8, 4) is 17.1 Å². The van der Waals surface area contributed by atoms with E-state index in [1.54, 1.807) is 12.1 Å². The van der Waals surface area contributed by atoms with E-state index in [4.69, 9.17) is 0 Å². The van der Waals surface area contributed by atoms with Crippen molar-refractivity contribution in [2.45, 2.75) is 25.7 Å². The first-order valence-corrected chi connectivity index (χ1v) is 9.49. The van der Waals surface area contributed by atoms with Crippen LogP contribution in [0.1, 0.15) is 16.7 Å². The first-order valence-electron chi connectivity index (χ1n) is 8.00. The molecule has 6 nitrogen and oxygen atoms in total. The Labute approximate surface area is 152 Å². The van der Waals surface area contributed by atoms with Crippen LogP contribution in [0.3, 0.4) is 0 Å². The van der Waals surface area contributed by atoms with Crippen LogP contribution in [0, 0.1) is 20.8 Å². The Bertz CT molecular complexity index is 1060. The van der Waals surface area contributed by atoms with E-state index in [9.17, 15) is 13.5 Å². The van der Waals surface area contributed by atoms with Crippen LogP contribution in [0.25, 0.3) is 11.3 Å². The number of benzene rings is 2. The Morgan fingerprint density at radius 1 is 0.923 bits per heavy atom. The molecule has 1 heterocycles. The third kappa shape index (κ3) is 3.67. The minimum Gasteiger partial charge on any atom is -0.493 e. The van der Waals surface area contributed by atoms with Crippen molar-refractivity contribution in [3.05, 3.63) is 65.2 Å². The molecule has 3 aromatic rings. The van der Waals surface area contributed by atoms with Crippen LogP contribution in [-0.4, -0.2) is 23.5 Å². The lowest BCUT2D eigenvalue weighted by atomic mass is 10.00. The fraction of sp³-hybridized carbons (Fsp3) is 0.158. The maximum Gasteiger partial charge on any atom is 0.264 e. The van der Waals surface area contributed by atoms with Gasteiger partial charge >= 0.3 is 0 Å². The summed E-state index contributed by atoms with van der Waals surface area (Å²) in [6.45, 7) is 5.67. The highest BCUT2D eigenvalue weighted by atomic mass is 32.2. The van der Waals surface area contributed by atoms with Crippen LogP contribution in [0.4, 0.5) is 5.95 Å². The molecule has 0 aliphatic rings. The van der Waals surface area contributed by atoms with Crippen molar-refractivity contribution < 1.29 is 13.5 Å². The third-order valence-corrected chi connectivity index (χ3v) is 5.30. The normalized spacial score (nSPS) is 11.3. The lowest BCUT2D eigenvalue weighted by molar-refractivity contribution is 0.453. The highest BCUT2D eigenvalue weighted by molar-refractivity contribution is 7.92. The molecule has 0 spiro atoms. The van der Waals surface area contributed by atoms with Gasteiger partial charge < -0.3 is 5.11 Å². The van der Waals surface area contributed by atoms with Crippen LogP contribution < -0.4 is 4.72 Å². The molecular weight excluding hydrogens is 350 g/mol. The van der Waals surface area contributed by atoms with Crippen molar-refractivity contribution in [2.75, 3.05) is 4.72 Å². The summed E-state index contributed by atoms with van der Waals surface area (Å²) in [5, 5.41) is 9.96. The molecule has 0 saturated carbocycles. The summed E-state index contributed by atoms with van der Waals surface area (Å²) >= 11 is 0. The second-order valence-corrected chi connectivity index (χ2v) is 7.81. The van der Waals surface area contributed by atoms with E-state index < -0.39 is 10.0 Å². The second kappa shape index (κ2) is 6.76. The van der Waals surface area contributed by atoms with Gasteiger partial charge in [-0.15, -0.1) is 0 Å². The molecule has 0 unspecified atom stereocenters. The zero-order chi connectivity index (χ0) is 18.9. The van der Waals surface area contributed by atoms with E-state index in [-0.39, 0.29) is 16.7 Å². The molecule has 0 aliphatic heterocycles. The molecule has 0 radical (unpaired) electrons. The Kier molecular flexibility index (Phi) is 4.65. The van der Waals surface area contributed by atoms with Gasteiger partial charge in [0.05, 0.1) is 10.6 Å². The zero-order valence-electron chi connectivity index (χ0n) is 14.7. The average molecular weight is 369 g/mol. The number of hydrogen-bond donors (Lipinski definition) is 2. The molecule has 0 bridgehead atoms. The van der Waals surface area contributed by atoms with Gasteiger partial charge in [0.15, 0.2) is 0 Å². The van der Waals surface area contributed by atoms with Crippen LogP contribution >= 0.6 is 0 Å². The number of nitrogens with one attached hydrogen (secondary N) is 1. The Balaban J connectivity index is 2.04. The summed E-state index contributed by atoms with van der Waals surface area (Å²) in [4.78, 5) is 8.21. The van der Waals surface area contributed by atoms with Crippen molar-refractivity contribution >= 4 is 16.0 Å². The van der Waals surface area contributed by atoms with Gasteiger partial charge in [-0.25, -0.2) is 18.1 Å². The van der Waals surface area contributed by atoms with E-state index >= 15 is 0 Å². The number of aryl methyl sites for hydroxylation is 3. The summed E-state index contributed by atoms with van der Waals surface area (Å²) in [5.74, 6) is -0.483. The molecule has 134 valence electrons. The first-order chi connectivity index (χ1) is 12.3. The van der Waals surface area contributed by atoms with Gasteiger partial charge in [0, 0.05) is 11.6 Å². The summed E-state index contributed by atoms with van der Waals surface area (Å²) in [6.07, 6.45) is 0.